The summed E-state index contributed by atoms with van der Waals surface area (Å²) >= 11 is 0. The molecule has 1 aliphatic carbocycles. The van der Waals surface area contributed by atoms with E-state index in [1.807, 2.05) is 6.07 Å². The number of nitrogens with two attached hydrogens (primary N) is 1. The highest BCUT2D eigenvalue weighted by Gasteiger charge is 2.37. The predicted octanol–water partition coefficient (Wildman–Crippen LogP) is 1.66. The molecule has 2 atom stereocenters. The van der Waals surface area contributed by atoms with Gasteiger partial charge in [0.1, 0.15) is 5.82 Å². The van der Waals surface area contributed by atoms with Crippen LogP contribution in [0.3, 0.4) is 0 Å². The van der Waals surface area contributed by atoms with Crippen LogP contribution in [0.2, 0.25) is 0 Å². The molecule has 0 amide bonds. The van der Waals surface area contributed by atoms with Crippen molar-refractivity contribution in [2.24, 2.45) is 11.8 Å². The van der Waals surface area contributed by atoms with Gasteiger partial charge in [0.25, 0.3) is 0 Å². The minimum absolute atomic E-state index is 0.365. The van der Waals surface area contributed by atoms with Crippen LogP contribution in [0.1, 0.15) is 32.1 Å². The van der Waals surface area contributed by atoms with Crippen LogP contribution in [0, 0.1) is 11.8 Å². The van der Waals surface area contributed by atoms with Gasteiger partial charge in [0, 0.05) is 25.3 Å². The van der Waals surface area contributed by atoms with E-state index in [0.29, 0.717) is 12.0 Å². The van der Waals surface area contributed by atoms with Crippen LogP contribution in [0.4, 0.5) is 11.8 Å². The van der Waals surface area contributed by atoms with Gasteiger partial charge in [-0.05, 0) is 24.9 Å². The van der Waals surface area contributed by atoms with Crippen molar-refractivity contribution in [2.45, 2.75) is 38.1 Å². The van der Waals surface area contributed by atoms with E-state index in [4.69, 9.17) is 5.73 Å². The van der Waals surface area contributed by atoms with Crippen LogP contribution in [-0.2, 0) is 0 Å². The largest absolute Gasteiger partial charge is 0.368 e. The fourth-order valence-electron chi connectivity index (χ4n) is 3.90. The number of hydrogen-bond acceptors (Lipinski definition) is 5. The molecule has 1 aliphatic heterocycles. The zero-order valence-corrected chi connectivity index (χ0v) is 12.3. The minimum atomic E-state index is 0.365. The van der Waals surface area contributed by atoms with Crippen molar-refractivity contribution in [1.82, 2.24) is 15.3 Å². The summed E-state index contributed by atoms with van der Waals surface area (Å²) in [6, 6.07) is 2.53. The van der Waals surface area contributed by atoms with Gasteiger partial charge in [0.2, 0.25) is 5.95 Å². The Labute approximate surface area is 121 Å². The average Bonchev–Trinajstić information content (AvgIpc) is 2.92. The molecule has 2 fully saturated rings. The van der Waals surface area contributed by atoms with Crippen LogP contribution in [0.25, 0.3) is 0 Å². The third kappa shape index (κ3) is 2.73. The Bertz CT molecular complexity index is 444. The van der Waals surface area contributed by atoms with E-state index in [2.05, 4.69) is 27.2 Å². The van der Waals surface area contributed by atoms with Crippen LogP contribution in [-0.4, -0.2) is 36.1 Å². The van der Waals surface area contributed by atoms with E-state index >= 15 is 0 Å². The first-order valence-corrected chi connectivity index (χ1v) is 7.78. The van der Waals surface area contributed by atoms with Crippen molar-refractivity contribution in [3.63, 3.8) is 0 Å². The Morgan fingerprint density at radius 2 is 2.05 bits per heavy atom. The minimum Gasteiger partial charge on any atom is -0.368 e. The summed E-state index contributed by atoms with van der Waals surface area (Å²) in [7, 11) is 2.08. The molecule has 1 saturated heterocycles. The zero-order valence-electron chi connectivity index (χ0n) is 12.3. The van der Waals surface area contributed by atoms with E-state index in [9.17, 15) is 0 Å². The lowest BCUT2D eigenvalue weighted by Crippen LogP contribution is -2.37. The molecule has 1 unspecified atom stereocenters. The van der Waals surface area contributed by atoms with E-state index in [1.54, 1.807) is 6.20 Å². The molecule has 0 bridgehead atoms. The second kappa shape index (κ2) is 5.95. The summed E-state index contributed by atoms with van der Waals surface area (Å²) < 4.78 is 0. The summed E-state index contributed by atoms with van der Waals surface area (Å²) in [5.74, 6) is 2.93. The van der Waals surface area contributed by atoms with Gasteiger partial charge in [-0.25, -0.2) is 4.98 Å². The molecule has 1 saturated carbocycles. The molecule has 110 valence electrons. The lowest BCUT2D eigenvalue weighted by atomic mass is 9.78. The van der Waals surface area contributed by atoms with E-state index in [-0.39, 0.29) is 0 Å². The lowest BCUT2D eigenvalue weighted by molar-refractivity contribution is 0.235. The standard InChI is InChI=1S/C15H25N5/c1-17-13-10-20(14-7-8-18-15(16)19-14)9-12(13)11-5-3-2-4-6-11/h7-8,11-13,17H,2-6,9-10H2,1H3,(H2,16,18,19)/t12?,13-/m0/s1. The topological polar surface area (TPSA) is 67.1 Å². The van der Waals surface area contributed by atoms with Gasteiger partial charge < -0.3 is 16.0 Å². The Morgan fingerprint density at radius 1 is 1.25 bits per heavy atom. The second-order valence-corrected chi connectivity index (χ2v) is 6.14. The predicted molar refractivity (Wildman–Crippen MR) is 81.6 cm³/mol. The number of rotatable bonds is 3. The third-order valence-electron chi connectivity index (χ3n) is 4.97. The third-order valence-corrected chi connectivity index (χ3v) is 4.97. The van der Waals surface area contributed by atoms with Crippen molar-refractivity contribution in [2.75, 3.05) is 30.8 Å². The van der Waals surface area contributed by atoms with Crippen LogP contribution < -0.4 is 16.0 Å². The maximum absolute atomic E-state index is 5.71. The highest BCUT2D eigenvalue weighted by molar-refractivity contribution is 5.42. The molecule has 0 radical (unpaired) electrons. The number of hydrogen-bond donors (Lipinski definition) is 2. The first kappa shape index (κ1) is 13.6. The molecule has 5 heteroatoms. The zero-order chi connectivity index (χ0) is 13.9. The van der Waals surface area contributed by atoms with Gasteiger partial charge in [0.05, 0.1) is 0 Å². The quantitative estimate of drug-likeness (QED) is 0.878. The van der Waals surface area contributed by atoms with Gasteiger partial charge >= 0.3 is 0 Å². The monoisotopic (exact) mass is 275 g/mol. The van der Waals surface area contributed by atoms with Gasteiger partial charge in [-0.3, -0.25) is 0 Å². The molecule has 3 rings (SSSR count). The molecule has 5 nitrogen and oxygen atoms in total. The lowest BCUT2D eigenvalue weighted by Gasteiger charge is -2.30. The molecule has 0 spiro atoms. The van der Waals surface area contributed by atoms with E-state index in [1.165, 1.54) is 32.1 Å². The summed E-state index contributed by atoms with van der Waals surface area (Å²) in [6.07, 6.45) is 8.75. The first-order chi connectivity index (χ1) is 9.78. The molecule has 3 N–H and O–H groups in total. The Morgan fingerprint density at radius 3 is 2.75 bits per heavy atom. The molecule has 2 aliphatic rings. The van der Waals surface area contributed by atoms with Crippen molar-refractivity contribution in [3.8, 4) is 0 Å². The normalized spacial score (nSPS) is 27.9. The maximum Gasteiger partial charge on any atom is 0.221 e. The summed E-state index contributed by atoms with van der Waals surface area (Å²) in [5, 5.41) is 3.51. The smallest absolute Gasteiger partial charge is 0.221 e. The molecule has 20 heavy (non-hydrogen) atoms. The molecular formula is C15H25N5. The highest BCUT2D eigenvalue weighted by atomic mass is 15.3. The van der Waals surface area contributed by atoms with Crippen molar-refractivity contribution in [1.29, 1.82) is 0 Å². The number of likely N-dealkylation sites (N-methyl/N-ethyl adjacent to an activating group) is 1. The Kier molecular flexibility index (Phi) is 4.05. The average molecular weight is 275 g/mol. The maximum atomic E-state index is 5.71. The van der Waals surface area contributed by atoms with Crippen molar-refractivity contribution in [3.05, 3.63) is 12.3 Å². The molecule has 1 aromatic heterocycles. The number of nitrogens with zero attached hydrogens (tertiary/aromatic N) is 3. The number of nitrogen functional groups attached to an aromatic ring is 1. The van der Waals surface area contributed by atoms with Gasteiger partial charge in [-0.2, -0.15) is 4.98 Å². The molecule has 1 aromatic rings. The van der Waals surface area contributed by atoms with Crippen molar-refractivity contribution >= 4 is 11.8 Å². The van der Waals surface area contributed by atoms with Gasteiger partial charge in [-0.1, -0.05) is 32.1 Å². The first-order valence-electron chi connectivity index (χ1n) is 7.78. The number of aromatic nitrogens is 2. The van der Waals surface area contributed by atoms with E-state index in [0.717, 1.165) is 30.7 Å². The van der Waals surface area contributed by atoms with Crippen LogP contribution >= 0.6 is 0 Å². The summed E-state index contributed by atoms with van der Waals surface area (Å²) in [4.78, 5) is 10.7. The fraction of sp³-hybridized carbons (Fsp3) is 0.733. The van der Waals surface area contributed by atoms with Crippen LogP contribution in [0.15, 0.2) is 12.3 Å². The SMILES string of the molecule is CN[C@H]1CN(c2ccnc(N)n2)CC1C1CCCCC1. The van der Waals surface area contributed by atoms with Crippen LogP contribution in [0.5, 0.6) is 0 Å². The highest BCUT2D eigenvalue weighted by Crippen LogP contribution is 2.36. The van der Waals surface area contributed by atoms with E-state index < -0.39 is 0 Å². The molecule has 2 heterocycles. The Hall–Kier alpha value is -1.36. The summed E-state index contributed by atoms with van der Waals surface area (Å²) in [6.45, 7) is 2.11. The molecular weight excluding hydrogens is 250 g/mol. The number of nitrogens with one attached hydrogen (secondary N) is 1. The second-order valence-electron chi connectivity index (χ2n) is 6.14. The summed E-state index contributed by atoms with van der Waals surface area (Å²) in [5.41, 5.74) is 5.71. The Balaban J connectivity index is 1.73. The number of anilines is 2. The van der Waals surface area contributed by atoms with Crippen molar-refractivity contribution < 1.29 is 0 Å². The van der Waals surface area contributed by atoms with Gasteiger partial charge in [0.15, 0.2) is 0 Å². The van der Waals surface area contributed by atoms with Gasteiger partial charge in [-0.15, -0.1) is 0 Å². The molecule has 0 aromatic carbocycles. The fourth-order valence-corrected chi connectivity index (χ4v) is 3.90.